The molecule has 2 aromatic carbocycles. The number of halogens is 3. The molecule has 0 saturated carbocycles. The predicted molar refractivity (Wildman–Crippen MR) is 101 cm³/mol. The Balaban J connectivity index is 1.56. The fourth-order valence-corrected chi connectivity index (χ4v) is 3.98. The zero-order chi connectivity index (χ0) is 19.6. The molecule has 1 saturated heterocycles. The lowest BCUT2D eigenvalue weighted by molar-refractivity contribution is -0.137. The second kappa shape index (κ2) is 7.56. The van der Waals surface area contributed by atoms with Gasteiger partial charge in [-0.1, -0.05) is 30.3 Å². The van der Waals surface area contributed by atoms with Crippen molar-refractivity contribution in [3.63, 3.8) is 0 Å². The molecular weight excluding hydrogens is 367 g/mol. The van der Waals surface area contributed by atoms with Crippen LogP contribution in [0.5, 0.6) is 0 Å². The number of rotatable bonds is 5. The van der Waals surface area contributed by atoms with Gasteiger partial charge < -0.3 is 10.1 Å². The van der Waals surface area contributed by atoms with Crippen molar-refractivity contribution in [1.29, 1.82) is 0 Å². The molecular formula is C21H22F3N3O. The van der Waals surface area contributed by atoms with Crippen LogP contribution >= 0.6 is 0 Å². The number of fused-ring (bicyclic) bond motifs is 1. The Hall–Kier alpha value is -2.38. The van der Waals surface area contributed by atoms with Crippen LogP contribution in [0.25, 0.3) is 10.9 Å². The number of piperidine rings is 1. The van der Waals surface area contributed by atoms with Crippen LogP contribution in [-0.2, 0) is 22.9 Å². The summed E-state index contributed by atoms with van der Waals surface area (Å²) in [5, 5.41) is 10.5. The van der Waals surface area contributed by atoms with Gasteiger partial charge in [0.2, 0.25) is 0 Å². The Labute approximate surface area is 161 Å². The van der Waals surface area contributed by atoms with E-state index >= 15 is 0 Å². The van der Waals surface area contributed by atoms with Crippen molar-refractivity contribution in [2.45, 2.75) is 31.0 Å². The number of H-pyrrole nitrogens is 1. The van der Waals surface area contributed by atoms with Gasteiger partial charge in [0.25, 0.3) is 0 Å². The Morgan fingerprint density at radius 1 is 1.07 bits per heavy atom. The number of benzene rings is 2. The molecule has 0 unspecified atom stereocenters. The van der Waals surface area contributed by atoms with E-state index in [1.807, 2.05) is 18.2 Å². The Kier molecular flexibility index (Phi) is 5.12. The van der Waals surface area contributed by atoms with E-state index in [0.717, 1.165) is 38.1 Å². The third-order valence-corrected chi connectivity index (χ3v) is 5.54. The van der Waals surface area contributed by atoms with Gasteiger partial charge in [-0.25, -0.2) is 0 Å². The Bertz CT molecular complexity index is 931. The molecule has 7 heteroatoms. The van der Waals surface area contributed by atoms with Crippen LogP contribution in [0.2, 0.25) is 0 Å². The predicted octanol–water partition coefficient (Wildman–Crippen LogP) is 4.42. The monoisotopic (exact) mass is 389 g/mol. The number of nitrogens with zero attached hydrogens (tertiary/aromatic N) is 1. The standard InChI is InChI=1S/C21H22F3N3O/c22-21(23,24)18-10-15-12-26-27-19(15)16(11-18)13-28-14-20(6-8-25-9-7-20)17-4-2-1-3-5-17/h1-5,10-12,25H,6-9,13-14H2,(H,26,27). The van der Waals surface area contributed by atoms with Crippen LogP contribution < -0.4 is 5.32 Å². The minimum absolute atomic E-state index is 0.102. The van der Waals surface area contributed by atoms with E-state index in [4.69, 9.17) is 4.74 Å². The van der Waals surface area contributed by atoms with Gasteiger partial charge in [0.15, 0.2) is 0 Å². The second-order valence-electron chi connectivity index (χ2n) is 7.36. The molecule has 4 rings (SSSR count). The van der Waals surface area contributed by atoms with Gasteiger partial charge in [0, 0.05) is 16.4 Å². The van der Waals surface area contributed by atoms with E-state index in [1.165, 1.54) is 11.8 Å². The molecule has 0 amide bonds. The molecule has 0 spiro atoms. The minimum atomic E-state index is -4.40. The lowest BCUT2D eigenvalue weighted by atomic mass is 9.74. The van der Waals surface area contributed by atoms with Crippen molar-refractivity contribution < 1.29 is 17.9 Å². The Morgan fingerprint density at radius 3 is 2.54 bits per heavy atom. The smallest absolute Gasteiger partial charge is 0.376 e. The van der Waals surface area contributed by atoms with E-state index in [2.05, 4.69) is 27.6 Å². The van der Waals surface area contributed by atoms with Crippen molar-refractivity contribution >= 4 is 10.9 Å². The molecule has 1 aromatic heterocycles. The molecule has 2 N–H and O–H groups in total. The summed E-state index contributed by atoms with van der Waals surface area (Å²) in [4.78, 5) is 0. The van der Waals surface area contributed by atoms with Gasteiger partial charge >= 0.3 is 6.18 Å². The first-order chi connectivity index (χ1) is 13.5. The van der Waals surface area contributed by atoms with Crippen LogP contribution in [-0.4, -0.2) is 29.9 Å². The van der Waals surface area contributed by atoms with Gasteiger partial charge in [-0.15, -0.1) is 0 Å². The molecule has 1 fully saturated rings. The molecule has 0 aliphatic carbocycles. The number of nitrogens with one attached hydrogen (secondary N) is 2. The minimum Gasteiger partial charge on any atom is -0.376 e. The molecule has 0 radical (unpaired) electrons. The quantitative estimate of drug-likeness (QED) is 0.679. The van der Waals surface area contributed by atoms with E-state index in [9.17, 15) is 13.2 Å². The number of hydrogen-bond acceptors (Lipinski definition) is 3. The number of ether oxygens (including phenoxy) is 1. The van der Waals surface area contributed by atoms with E-state index in [0.29, 0.717) is 23.1 Å². The van der Waals surface area contributed by atoms with Crippen LogP contribution in [0.1, 0.15) is 29.5 Å². The molecule has 3 aromatic rings. The van der Waals surface area contributed by atoms with Crippen molar-refractivity contribution in [3.05, 3.63) is 65.4 Å². The summed E-state index contributed by atoms with van der Waals surface area (Å²) in [6.45, 7) is 2.36. The number of aromatic nitrogens is 2. The first-order valence-corrected chi connectivity index (χ1v) is 9.35. The highest BCUT2D eigenvalue weighted by Crippen LogP contribution is 2.35. The van der Waals surface area contributed by atoms with Crippen molar-refractivity contribution in [2.75, 3.05) is 19.7 Å². The molecule has 148 valence electrons. The maximum Gasteiger partial charge on any atom is 0.416 e. The number of alkyl halides is 3. The highest BCUT2D eigenvalue weighted by Gasteiger charge is 2.35. The highest BCUT2D eigenvalue weighted by molar-refractivity contribution is 5.82. The number of hydrogen-bond donors (Lipinski definition) is 2. The molecule has 4 nitrogen and oxygen atoms in total. The van der Waals surface area contributed by atoms with Gasteiger partial charge in [-0.05, 0) is 43.6 Å². The molecule has 0 bridgehead atoms. The zero-order valence-electron chi connectivity index (χ0n) is 15.4. The summed E-state index contributed by atoms with van der Waals surface area (Å²) in [6.07, 6.45) is -1.13. The van der Waals surface area contributed by atoms with Crippen molar-refractivity contribution in [3.8, 4) is 0 Å². The first kappa shape index (κ1) is 19.0. The van der Waals surface area contributed by atoms with Crippen LogP contribution in [0.3, 0.4) is 0 Å². The molecule has 2 heterocycles. The third kappa shape index (κ3) is 3.77. The SMILES string of the molecule is FC(F)(F)c1cc(COCC2(c3ccccc3)CCNCC2)c2[nH]ncc2c1. The molecule has 28 heavy (non-hydrogen) atoms. The average molecular weight is 389 g/mol. The summed E-state index contributed by atoms with van der Waals surface area (Å²) in [5.41, 5.74) is 1.47. The fourth-order valence-electron chi connectivity index (χ4n) is 3.98. The van der Waals surface area contributed by atoms with E-state index < -0.39 is 11.7 Å². The summed E-state index contributed by atoms with van der Waals surface area (Å²) < 4.78 is 45.7. The van der Waals surface area contributed by atoms with Gasteiger partial charge in [0.05, 0.1) is 30.5 Å². The second-order valence-corrected chi connectivity index (χ2v) is 7.36. The van der Waals surface area contributed by atoms with Crippen LogP contribution in [0.15, 0.2) is 48.7 Å². The fraction of sp³-hybridized carbons (Fsp3) is 0.381. The van der Waals surface area contributed by atoms with Crippen LogP contribution in [0.4, 0.5) is 13.2 Å². The molecule has 1 aliphatic rings. The maximum absolute atomic E-state index is 13.2. The Morgan fingerprint density at radius 2 is 1.82 bits per heavy atom. The number of aromatic amines is 1. The maximum atomic E-state index is 13.2. The van der Waals surface area contributed by atoms with E-state index in [-0.39, 0.29) is 12.0 Å². The lowest BCUT2D eigenvalue weighted by Gasteiger charge is -2.38. The van der Waals surface area contributed by atoms with Gasteiger partial charge in [0.1, 0.15) is 0 Å². The van der Waals surface area contributed by atoms with Crippen LogP contribution in [0, 0.1) is 0 Å². The van der Waals surface area contributed by atoms with Crippen molar-refractivity contribution in [1.82, 2.24) is 15.5 Å². The van der Waals surface area contributed by atoms with E-state index in [1.54, 1.807) is 0 Å². The zero-order valence-corrected chi connectivity index (χ0v) is 15.4. The molecule has 0 atom stereocenters. The van der Waals surface area contributed by atoms with Gasteiger partial charge in [-0.2, -0.15) is 18.3 Å². The summed E-state index contributed by atoms with van der Waals surface area (Å²) >= 11 is 0. The largest absolute Gasteiger partial charge is 0.416 e. The van der Waals surface area contributed by atoms with Gasteiger partial charge in [-0.3, -0.25) is 5.10 Å². The first-order valence-electron chi connectivity index (χ1n) is 9.35. The topological polar surface area (TPSA) is 49.9 Å². The highest BCUT2D eigenvalue weighted by atomic mass is 19.4. The summed E-state index contributed by atoms with van der Waals surface area (Å²) in [7, 11) is 0. The lowest BCUT2D eigenvalue weighted by Crippen LogP contribution is -2.43. The summed E-state index contributed by atoms with van der Waals surface area (Å²) in [6, 6.07) is 12.5. The third-order valence-electron chi connectivity index (χ3n) is 5.54. The van der Waals surface area contributed by atoms with Crippen molar-refractivity contribution in [2.24, 2.45) is 0 Å². The molecule has 1 aliphatic heterocycles. The normalized spacial score (nSPS) is 17.1. The summed E-state index contributed by atoms with van der Waals surface area (Å²) in [5.74, 6) is 0. The average Bonchev–Trinajstić information content (AvgIpc) is 3.18.